The highest BCUT2D eigenvalue weighted by molar-refractivity contribution is 7.98. The number of ether oxygens (including phenoxy) is 1. The standard InChI is InChI=1S/C12H19NO3S/c1-15-12(14)11-10(5-7-16-11)9-13-6-3-4-8-17-2/h5,7,13H,3-4,6,8-9H2,1-2H3. The molecular weight excluding hydrogens is 238 g/mol. The van der Waals surface area contributed by atoms with Crippen molar-refractivity contribution in [1.29, 1.82) is 0 Å². The summed E-state index contributed by atoms with van der Waals surface area (Å²) in [5.41, 5.74) is 0.849. The van der Waals surface area contributed by atoms with Gasteiger partial charge in [0.15, 0.2) is 0 Å². The second-order valence-electron chi connectivity index (χ2n) is 3.64. The lowest BCUT2D eigenvalue weighted by Gasteiger charge is -2.04. The molecule has 0 bridgehead atoms. The first-order valence-corrected chi connectivity index (χ1v) is 7.03. The van der Waals surface area contributed by atoms with E-state index in [1.54, 1.807) is 6.07 Å². The van der Waals surface area contributed by atoms with Crippen molar-refractivity contribution in [3.8, 4) is 0 Å². The zero-order valence-corrected chi connectivity index (χ0v) is 11.1. The second kappa shape index (κ2) is 8.20. The monoisotopic (exact) mass is 257 g/mol. The molecule has 0 fully saturated rings. The van der Waals surface area contributed by atoms with Gasteiger partial charge in [0.05, 0.1) is 13.4 Å². The number of unbranched alkanes of at least 4 members (excludes halogenated alkanes) is 1. The minimum atomic E-state index is -0.422. The number of carbonyl (C=O) groups is 1. The second-order valence-corrected chi connectivity index (χ2v) is 4.63. The molecule has 1 heterocycles. The Kier molecular flexibility index (Phi) is 6.81. The molecule has 0 saturated heterocycles. The van der Waals surface area contributed by atoms with Gasteiger partial charge in [0.25, 0.3) is 0 Å². The number of thioether (sulfide) groups is 1. The smallest absolute Gasteiger partial charge is 0.374 e. The Labute approximate surface area is 106 Å². The van der Waals surface area contributed by atoms with E-state index >= 15 is 0 Å². The van der Waals surface area contributed by atoms with Gasteiger partial charge in [0.1, 0.15) is 0 Å². The Bertz CT molecular complexity index is 338. The first kappa shape index (κ1) is 14.1. The van der Waals surface area contributed by atoms with Crippen LogP contribution in [0.25, 0.3) is 0 Å². The molecule has 5 heteroatoms. The molecule has 1 N–H and O–H groups in total. The molecule has 0 atom stereocenters. The van der Waals surface area contributed by atoms with Crippen LogP contribution in [-0.2, 0) is 11.3 Å². The van der Waals surface area contributed by atoms with E-state index < -0.39 is 5.97 Å². The number of nitrogens with one attached hydrogen (secondary N) is 1. The maximum atomic E-state index is 11.3. The number of hydrogen-bond acceptors (Lipinski definition) is 5. The molecule has 0 aliphatic carbocycles. The van der Waals surface area contributed by atoms with Gasteiger partial charge in [-0.3, -0.25) is 0 Å². The van der Waals surface area contributed by atoms with Gasteiger partial charge in [-0.15, -0.1) is 0 Å². The van der Waals surface area contributed by atoms with Crippen LogP contribution in [0.3, 0.4) is 0 Å². The highest BCUT2D eigenvalue weighted by Gasteiger charge is 2.14. The third-order valence-electron chi connectivity index (χ3n) is 2.39. The van der Waals surface area contributed by atoms with Gasteiger partial charge in [-0.2, -0.15) is 11.8 Å². The summed E-state index contributed by atoms with van der Waals surface area (Å²) in [6.07, 6.45) is 5.98. The molecule has 96 valence electrons. The van der Waals surface area contributed by atoms with Crippen molar-refractivity contribution in [2.45, 2.75) is 19.4 Å². The number of rotatable bonds is 8. The molecule has 4 nitrogen and oxygen atoms in total. The fraction of sp³-hybridized carbons (Fsp3) is 0.583. The first-order chi connectivity index (χ1) is 8.29. The molecule has 0 aromatic carbocycles. The fourth-order valence-electron chi connectivity index (χ4n) is 1.47. The molecule has 17 heavy (non-hydrogen) atoms. The van der Waals surface area contributed by atoms with Crippen molar-refractivity contribution >= 4 is 17.7 Å². The summed E-state index contributed by atoms with van der Waals surface area (Å²) >= 11 is 1.86. The van der Waals surface area contributed by atoms with Crippen molar-refractivity contribution in [1.82, 2.24) is 5.32 Å². The third-order valence-corrected chi connectivity index (χ3v) is 3.08. The van der Waals surface area contributed by atoms with Crippen LogP contribution in [0.5, 0.6) is 0 Å². The van der Waals surface area contributed by atoms with E-state index in [2.05, 4.69) is 16.3 Å². The Morgan fingerprint density at radius 1 is 1.53 bits per heavy atom. The summed E-state index contributed by atoms with van der Waals surface area (Å²) in [5, 5.41) is 3.29. The minimum Gasteiger partial charge on any atom is -0.463 e. The summed E-state index contributed by atoms with van der Waals surface area (Å²) in [5.74, 6) is 1.07. The van der Waals surface area contributed by atoms with Gasteiger partial charge >= 0.3 is 5.97 Å². The lowest BCUT2D eigenvalue weighted by Crippen LogP contribution is -2.16. The maximum Gasteiger partial charge on any atom is 0.374 e. The first-order valence-electron chi connectivity index (χ1n) is 5.64. The Morgan fingerprint density at radius 2 is 2.35 bits per heavy atom. The van der Waals surface area contributed by atoms with Crippen LogP contribution in [0.15, 0.2) is 16.7 Å². The van der Waals surface area contributed by atoms with Crippen molar-refractivity contribution < 1.29 is 13.9 Å². The summed E-state index contributed by atoms with van der Waals surface area (Å²) < 4.78 is 9.73. The average molecular weight is 257 g/mol. The molecule has 1 aromatic rings. The number of carbonyl (C=O) groups excluding carboxylic acids is 1. The number of methoxy groups -OCH3 is 1. The predicted molar refractivity (Wildman–Crippen MR) is 69.4 cm³/mol. The van der Waals surface area contributed by atoms with Gasteiger partial charge in [-0.1, -0.05) is 0 Å². The van der Waals surface area contributed by atoms with E-state index in [0.717, 1.165) is 18.5 Å². The van der Waals surface area contributed by atoms with Crippen LogP contribution in [0, 0.1) is 0 Å². The molecule has 0 aliphatic rings. The zero-order chi connectivity index (χ0) is 12.5. The van der Waals surface area contributed by atoms with Crippen LogP contribution in [-0.4, -0.2) is 31.6 Å². The van der Waals surface area contributed by atoms with Crippen molar-refractivity contribution in [2.24, 2.45) is 0 Å². The predicted octanol–water partition coefficient (Wildman–Crippen LogP) is 2.30. The summed E-state index contributed by atoms with van der Waals surface area (Å²) in [6.45, 7) is 1.59. The van der Waals surface area contributed by atoms with Gasteiger partial charge in [-0.25, -0.2) is 4.79 Å². The minimum absolute atomic E-state index is 0.295. The average Bonchev–Trinajstić information content (AvgIpc) is 2.81. The lowest BCUT2D eigenvalue weighted by molar-refractivity contribution is 0.0563. The molecule has 1 rings (SSSR count). The van der Waals surface area contributed by atoms with Crippen LogP contribution in [0.2, 0.25) is 0 Å². The maximum absolute atomic E-state index is 11.3. The van der Waals surface area contributed by atoms with Crippen molar-refractivity contribution in [3.63, 3.8) is 0 Å². The van der Waals surface area contributed by atoms with Crippen molar-refractivity contribution in [3.05, 3.63) is 23.7 Å². The molecule has 1 aromatic heterocycles. The number of hydrogen-bond donors (Lipinski definition) is 1. The molecule has 0 amide bonds. The zero-order valence-electron chi connectivity index (χ0n) is 10.3. The molecule has 0 unspecified atom stereocenters. The van der Waals surface area contributed by atoms with E-state index in [1.807, 2.05) is 11.8 Å². The van der Waals surface area contributed by atoms with Crippen LogP contribution >= 0.6 is 11.8 Å². The van der Waals surface area contributed by atoms with E-state index in [1.165, 1.54) is 25.5 Å². The highest BCUT2D eigenvalue weighted by Crippen LogP contribution is 2.11. The number of esters is 1. The Balaban J connectivity index is 2.27. The summed E-state index contributed by atoms with van der Waals surface area (Å²) in [4.78, 5) is 11.3. The molecular formula is C12H19NO3S. The van der Waals surface area contributed by atoms with E-state index in [0.29, 0.717) is 12.3 Å². The van der Waals surface area contributed by atoms with E-state index in [4.69, 9.17) is 4.42 Å². The Hall–Kier alpha value is -0.940. The SMILES string of the molecule is COC(=O)c1occc1CNCCCCSC. The molecule has 0 aliphatic heterocycles. The summed E-state index contributed by atoms with van der Waals surface area (Å²) in [6, 6.07) is 1.79. The van der Waals surface area contributed by atoms with E-state index in [-0.39, 0.29) is 0 Å². The molecule has 0 spiro atoms. The normalized spacial score (nSPS) is 10.5. The topological polar surface area (TPSA) is 51.5 Å². The van der Waals surface area contributed by atoms with Crippen molar-refractivity contribution in [2.75, 3.05) is 25.7 Å². The quantitative estimate of drug-likeness (QED) is 0.572. The van der Waals surface area contributed by atoms with E-state index in [9.17, 15) is 4.79 Å². The van der Waals surface area contributed by atoms with Gasteiger partial charge in [0, 0.05) is 12.1 Å². The largest absolute Gasteiger partial charge is 0.463 e. The van der Waals surface area contributed by atoms with Gasteiger partial charge < -0.3 is 14.5 Å². The van der Waals surface area contributed by atoms with Crippen LogP contribution in [0.1, 0.15) is 29.0 Å². The summed E-state index contributed by atoms with van der Waals surface area (Å²) in [7, 11) is 1.35. The highest BCUT2D eigenvalue weighted by atomic mass is 32.2. The molecule has 0 radical (unpaired) electrons. The fourth-order valence-corrected chi connectivity index (χ4v) is 1.96. The van der Waals surface area contributed by atoms with Crippen LogP contribution in [0.4, 0.5) is 0 Å². The Morgan fingerprint density at radius 3 is 3.06 bits per heavy atom. The third kappa shape index (κ3) is 4.83. The number of furan rings is 1. The van der Waals surface area contributed by atoms with Gasteiger partial charge in [-0.05, 0) is 37.5 Å². The lowest BCUT2D eigenvalue weighted by atomic mass is 10.2. The van der Waals surface area contributed by atoms with Gasteiger partial charge in [0.2, 0.25) is 5.76 Å². The van der Waals surface area contributed by atoms with Crippen LogP contribution < -0.4 is 5.32 Å². The molecule has 0 saturated carbocycles.